The molecule has 0 aliphatic heterocycles. The summed E-state index contributed by atoms with van der Waals surface area (Å²) in [5.74, 6) is -1.28. The lowest BCUT2D eigenvalue weighted by Crippen LogP contribution is -2.32. The Hall–Kier alpha value is -2.98. The summed E-state index contributed by atoms with van der Waals surface area (Å²) < 4.78 is 84.5. The number of nitrogens with one attached hydrogen (secondary N) is 1. The van der Waals surface area contributed by atoms with Crippen molar-refractivity contribution in [2.45, 2.75) is 25.3 Å². The highest BCUT2D eigenvalue weighted by Crippen LogP contribution is 2.35. The van der Waals surface area contributed by atoms with E-state index >= 15 is 0 Å². The zero-order chi connectivity index (χ0) is 21.7. The number of rotatable bonds is 7. The smallest absolute Gasteiger partial charge is 0.422 e. The minimum Gasteiger partial charge on any atom is -0.483 e. The van der Waals surface area contributed by atoms with Crippen LogP contribution in [-0.4, -0.2) is 30.3 Å². The van der Waals surface area contributed by atoms with Crippen LogP contribution in [0.3, 0.4) is 0 Å². The Morgan fingerprint density at radius 3 is 2.34 bits per heavy atom. The number of nitrogens with zero attached hydrogens (tertiary/aromatic N) is 1. The highest BCUT2D eigenvalue weighted by Gasteiger charge is 2.34. The Bertz CT molecular complexity index is 822. The topological polar surface area (TPSA) is 60.5 Å². The molecule has 0 saturated heterocycles. The van der Waals surface area contributed by atoms with Gasteiger partial charge < -0.3 is 14.8 Å². The number of carbonyl (C=O) groups excluding carboxylic acids is 1. The van der Waals surface area contributed by atoms with E-state index in [-0.39, 0.29) is 5.75 Å². The molecule has 1 atom stereocenters. The van der Waals surface area contributed by atoms with Gasteiger partial charge in [0.1, 0.15) is 11.5 Å². The summed E-state index contributed by atoms with van der Waals surface area (Å²) in [6.07, 6.45) is -8.04. The van der Waals surface area contributed by atoms with Crippen molar-refractivity contribution in [3.05, 3.63) is 53.9 Å². The summed E-state index contributed by atoms with van der Waals surface area (Å²) in [7, 11) is 0. The fourth-order valence-electron chi connectivity index (χ4n) is 2.23. The molecule has 0 radical (unpaired) electrons. The van der Waals surface area contributed by atoms with Crippen LogP contribution in [-0.2, 0) is 11.0 Å². The second-order valence-electron chi connectivity index (χ2n) is 5.89. The second kappa shape index (κ2) is 9.01. The van der Waals surface area contributed by atoms with Gasteiger partial charge in [-0.05, 0) is 31.2 Å². The van der Waals surface area contributed by atoms with Gasteiger partial charge in [-0.15, -0.1) is 0 Å². The number of carbonyl (C=O) groups is 1. The van der Waals surface area contributed by atoms with Crippen LogP contribution < -0.4 is 14.8 Å². The predicted molar refractivity (Wildman–Crippen MR) is 89.3 cm³/mol. The van der Waals surface area contributed by atoms with Gasteiger partial charge in [0.2, 0.25) is 0 Å². The molecule has 0 saturated carbocycles. The van der Waals surface area contributed by atoms with Crippen molar-refractivity contribution in [1.82, 2.24) is 10.3 Å². The number of benzene rings is 1. The number of hydrogen-bond donors (Lipinski definition) is 1. The normalized spacial score (nSPS) is 12.9. The molecule has 1 aromatic heterocycles. The van der Waals surface area contributed by atoms with Gasteiger partial charge in [0.25, 0.3) is 5.91 Å². The molecule has 11 heteroatoms. The maximum absolute atomic E-state index is 12.9. The van der Waals surface area contributed by atoms with Crippen LogP contribution in [0.5, 0.6) is 11.5 Å². The Balaban J connectivity index is 1.90. The highest BCUT2D eigenvalue weighted by molar-refractivity contribution is 5.78. The largest absolute Gasteiger partial charge is 0.483 e. The molecule has 0 unspecified atom stereocenters. The van der Waals surface area contributed by atoms with Crippen LogP contribution in [0.4, 0.5) is 26.3 Å². The maximum Gasteiger partial charge on any atom is 0.422 e. The Kier molecular flexibility index (Phi) is 6.93. The molecule has 1 N–H and O–H groups in total. The fraction of sp³-hybridized carbons (Fsp3) is 0.333. The Labute approximate surface area is 161 Å². The lowest BCUT2D eigenvalue weighted by molar-refractivity contribution is -0.153. The molecule has 158 valence electrons. The predicted octanol–water partition coefficient (Wildman–Crippen LogP) is 4.30. The first-order chi connectivity index (χ1) is 13.5. The Morgan fingerprint density at radius 2 is 1.76 bits per heavy atom. The van der Waals surface area contributed by atoms with E-state index in [2.05, 4.69) is 15.0 Å². The van der Waals surface area contributed by atoms with Gasteiger partial charge in [-0.2, -0.15) is 26.3 Å². The molecule has 0 fully saturated rings. The van der Waals surface area contributed by atoms with Crippen molar-refractivity contribution < 1.29 is 40.6 Å². The number of hydrogen-bond acceptors (Lipinski definition) is 4. The quantitative estimate of drug-likeness (QED) is 0.676. The van der Waals surface area contributed by atoms with Crippen LogP contribution in [0.1, 0.15) is 24.2 Å². The van der Waals surface area contributed by atoms with Gasteiger partial charge in [0.15, 0.2) is 13.2 Å². The molecule has 29 heavy (non-hydrogen) atoms. The average Bonchev–Trinajstić information content (AvgIpc) is 2.64. The van der Waals surface area contributed by atoms with E-state index in [1.54, 1.807) is 6.92 Å². The number of alkyl halides is 6. The minimum absolute atomic E-state index is 0.100. The third kappa shape index (κ3) is 7.16. The van der Waals surface area contributed by atoms with E-state index in [4.69, 9.17) is 4.74 Å². The number of pyridine rings is 1. The van der Waals surface area contributed by atoms with Gasteiger partial charge in [0.05, 0.1) is 23.5 Å². The highest BCUT2D eigenvalue weighted by atomic mass is 19.4. The standard InChI is InChI=1S/C18H16F6N2O3/c1-11(14-7-6-12(8-25-14)29-10-17(19,20)21)26-16(27)9-28-15-5-3-2-4-13(15)18(22,23)24/h2-8,11H,9-10H2,1H3,(H,26,27)/t11-/m1/s1. The molecule has 0 bridgehead atoms. The van der Waals surface area contributed by atoms with Crippen LogP contribution in [0.25, 0.3) is 0 Å². The number of halogens is 6. The lowest BCUT2D eigenvalue weighted by Gasteiger charge is -2.16. The fourth-order valence-corrected chi connectivity index (χ4v) is 2.23. The first-order valence-corrected chi connectivity index (χ1v) is 8.19. The Morgan fingerprint density at radius 1 is 1.07 bits per heavy atom. The molecule has 0 aliphatic carbocycles. The van der Waals surface area contributed by atoms with Crippen molar-refractivity contribution in [1.29, 1.82) is 0 Å². The number of para-hydroxylation sites is 1. The number of ether oxygens (including phenoxy) is 2. The first kappa shape index (κ1) is 22.3. The van der Waals surface area contributed by atoms with E-state index in [0.717, 1.165) is 18.3 Å². The van der Waals surface area contributed by atoms with E-state index in [1.165, 1.54) is 24.3 Å². The van der Waals surface area contributed by atoms with E-state index < -0.39 is 48.8 Å². The summed E-state index contributed by atoms with van der Waals surface area (Å²) in [6.45, 7) is -0.582. The van der Waals surface area contributed by atoms with Crippen molar-refractivity contribution in [3.8, 4) is 11.5 Å². The molecule has 1 amide bonds. The van der Waals surface area contributed by atoms with Crippen LogP contribution in [0.2, 0.25) is 0 Å². The molecular formula is C18H16F6N2O3. The third-order valence-corrected chi connectivity index (χ3v) is 3.53. The zero-order valence-corrected chi connectivity index (χ0v) is 15.0. The molecule has 0 aliphatic rings. The van der Waals surface area contributed by atoms with Crippen molar-refractivity contribution in [2.75, 3.05) is 13.2 Å². The number of amides is 1. The number of aromatic nitrogens is 1. The average molecular weight is 422 g/mol. The summed E-state index contributed by atoms with van der Waals surface area (Å²) >= 11 is 0. The SMILES string of the molecule is C[C@@H](NC(=O)COc1ccccc1C(F)(F)F)c1ccc(OCC(F)(F)F)cn1. The molecule has 1 heterocycles. The van der Waals surface area contributed by atoms with Crippen molar-refractivity contribution in [3.63, 3.8) is 0 Å². The zero-order valence-electron chi connectivity index (χ0n) is 15.0. The monoisotopic (exact) mass is 422 g/mol. The first-order valence-electron chi connectivity index (χ1n) is 8.19. The molecule has 1 aromatic carbocycles. The molecule has 2 aromatic rings. The lowest BCUT2D eigenvalue weighted by atomic mass is 10.2. The summed E-state index contributed by atoms with van der Waals surface area (Å²) in [5.41, 5.74) is -0.689. The van der Waals surface area contributed by atoms with Gasteiger partial charge in [-0.1, -0.05) is 12.1 Å². The van der Waals surface area contributed by atoms with Crippen LogP contribution in [0, 0.1) is 0 Å². The molecular weight excluding hydrogens is 406 g/mol. The van der Waals surface area contributed by atoms with E-state index in [0.29, 0.717) is 5.69 Å². The summed E-state index contributed by atoms with van der Waals surface area (Å²) in [6, 6.07) is 6.43. The third-order valence-electron chi connectivity index (χ3n) is 3.53. The second-order valence-corrected chi connectivity index (χ2v) is 5.89. The van der Waals surface area contributed by atoms with Crippen LogP contribution >= 0.6 is 0 Å². The van der Waals surface area contributed by atoms with Crippen molar-refractivity contribution >= 4 is 5.91 Å². The molecule has 2 rings (SSSR count). The van der Waals surface area contributed by atoms with Crippen LogP contribution in [0.15, 0.2) is 42.6 Å². The molecule has 0 spiro atoms. The van der Waals surface area contributed by atoms with Gasteiger partial charge in [-0.3, -0.25) is 9.78 Å². The summed E-state index contributed by atoms with van der Waals surface area (Å²) in [4.78, 5) is 15.8. The van der Waals surface area contributed by atoms with Gasteiger partial charge in [0, 0.05) is 0 Å². The molecule has 5 nitrogen and oxygen atoms in total. The maximum atomic E-state index is 12.9. The van der Waals surface area contributed by atoms with E-state index in [9.17, 15) is 31.1 Å². The summed E-state index contributed by atoms with van der Waals surface area (Å²) in [5, 5.41) is 2.47. The van der Waals surface area contributed by atoms with Gasteiger partial charge >= 0.3 is 12.4 Å². The van der Waals surface area contributed by atoms with E-state index in [1.807, 2.05) is 0 Å². The minimum atomic E-state index is -4.62. The van der Waals surface area contributed by atoms with Crippen molar-refractivity contribution in [2.24, 2.45) is 0 Å². The van der Waals surface area contributed by atoms with Gasteiger partial charge in [-0.25, -0.2) is 0 Å².